The van der Waals surface area contributed by atoms with Crippen LogP contribution in [0.5, 0.6) is 0 Å². The highest BCUT2D eigenvalue weighted by Gasteiger charge is 2.28. The number of nitrogens with two attached hydrogens (primary N) is 1. The highest BCUT2D eigenvalue weighted by atomic mass is 16.5. The van der Waals surface area contributed by atoms with Gasteiger partial charge in [0.15, 0.2) is 0 Å². The van der Waals surface area contributed by atoms with Crippen LogP contribution in [-0.4, -0.2) is 35.3 Å². The minimum Gasteiger partial charge on any atom is -0.372 e. The van der Waals surface area contributed by atoms with E-state index in [-0.39, 0.29) is 5.60 Å². The second-order valence-corrected chi connectivity index (χ2v) is 4.76. The Morgan fingerprint density at radius 1 is 1.50 bits per heavy atom. The number of morpholine rings is 1. The zero-order valence-corrected chi connectivity index (χ0v) is 10.0. The van der Waals surface area contributed by atoms with Gasteiger partial charge in [-0.15, -0.1) is 0 Å². The first-order chi connectivity index (χ1) is 7.48. The third kappa shape index (κ3) is 2.24. The molecule has 0 amide bonds. The molecule has 0 aromatic carbocycles. The molecule has 0 radical (unpaired) electrons. The molecule has 2 heterocycles. The molecule has 1 saturated heterocycles. The smallest absolute Gasteiger partial charge is 0.221 e. The van der Waals surface area contributed by atoms with E-state index in [0.717, 1.165) is 31.1 Å². The summed E-state index contributed by atoms with van der Waals surface area (Å²) in [6.45, 7) is 8.55. The zero-order valence-electron chi connectivity index (χ0n) is 10.0. The third-order valence-corrected chi connectivity index (χ3v) is 2.69. The standard InChI is InChI=1S/C11H18N4O/c1-8-6-13-10(12)14-9(8)15-4-5-16-11(2,3)7-15/h6H,4-5,7H2,1-3H3,(H2,12,13,14). The van der Waals surface area contributed by atoms with Gasteiger partial charge in [0.25, 0.3) is 0 Å². The van der Waals surface area contributed by atoms with E-state index in [2.05, 4.69) is 28.7 Å². The van der Waals surface area contributed by atoms with E-state index in [1.807, 2.05) is 6.92 Å². The molecule has 0 unspecified atom stereocenters. The summed E-state index contributed by atoms with van der Waals surface area (Å²) in [4.78, 5) is 10.5. The molecular formula is C11H18N4O. The van der Waals surface area contributed by atoms with Crippen molar-refractivity contribution < 1.29 is 4.74 Å². The highest BCUT2D eigenvalue weighted by Crippen LogP contribution is 2.24. The van der Waals surface area contributed by atoms with Gasteiger partial charge in [-0.2, -0.15) is 4.98 Å². The molecule has 0 spiro atoms. The Kier molecular flexibility index (Phi) is 2.71. The maximum atomic E-state index is 5.67. The molecule has 1 aromatic heterocycles. The molecule has 5 nitrogen and oxygen atoms in total. The molecule has 1 fully saturated rings. The van der Waals surface area contributed by atoms with Crippen LogP contribution in [0.25, 0.3) is 0 Å². The van der Waals surface area contributed by atoms with Gasteiger partial charge in [-0.05, 0) is 20.8 Å². The van der Waals surface area contributed by atoms with Crippen molar-refractivity contribution in [1.82, 2.24) is 9.97 Å². The van der Waals surface area contributed by atoms with E-state index in [0.29, 0.717) is 5.95 Å². The molecule has 2 rings (SSSR count). The summed E-state index contributed by atoms with van der Waals surface area (Å²) < 4.78 is 5.67. The fourth-order valence-electron chi connectivity index (χ4n) is 1.96. The Hall–Kier alpha value is -1.36. The first-order valence-electron chi connectivity index (χ1n) is 5.46. The summed E-state index contributed by atoms with van der Waals surface area (Å²) in [5.41, 5.74) is 6.54. The van der Waals surface area contributed by atoms with Crippen LogP contribution in [0.1, 0.15) is 19.4 Å². The summed E-state index contributed by atoms with van der Waals surface area (Å²) in [6, 6.07) is 0. The van der Waals surface area contributed by atoms with Gasteiger partial charge in [0, 0.05) is 24.8 Å². The Labute approximate surface area is 95.6 Å². The lowest BCUT2D eigenvalue weighted by molar-refractivity contribution is -0.0279. The van der Waals surface area contributed by atoms with Gasteiger partial charge in [0.2, 0.25) is 5.95 Å². The number of ether oxygens (including phenoxy) is 1. The molecule has 1 aromatic rings. The third-order valence-electron chi connectivity index (χ3n) is 2.69. The van der Waals surface area contributed by atoms with Crippen LogP contribution < -0.4 is 10.6 Å². The maximum absolute atomic E-state index is 5.67. The number of nitrogens with zero attached hydrogens (tertiary/aromatic N) is 3. The molecule has 5 heteroatoms. The minimum atomic E-state index is -0.135. The van der Waals surface area contributed by atoms with Crippen molar-refractivity contribution in [2.45, 2.75) is 26.4 Å². The van der Waals surface area contributed by atoms with Crippen LogP contribution in [-0.2, 0) is 4.74 Å². The lowest BCUT2D eigenvalue weighted by atomic mass is 10.1. The van der Waals surface area contributed by atoms with Gasteiger partial charge in [-0.3, -0.25) is 0 Å². The van der Waals surface area contributed by atoms with Crippen LogP contribution in [0, 0.1) is 6.92 Å². The molecule has 0 saturated carbocycles. The lowest BCUT2D eigenvalue weighted by Crippen LogP contribution is -2.48. The van der Waals surface area contributed by atoms with E-state index >= 15 is 0 Å². The number of aryl methyl sites for hydroxylation is 1. The first-order valence-corrected chi connectivity index (χ1v) is 5.46. The summed E-state index contributed by atoms with van der Waals surface area (Å²) in [7, 11) is 0. The predicted molar refractivity (Wildman–Crippen MR) is 63.4 cm³/mol. The molecule has 0 atom stereocenters. The van der Waals surface area contributed by atoms with Crippen molar-refractivity contribution in [3.63, 3.8) is 0 Å². The predicted octanol–water partition coefficient (Wildman–Crippen LogP) is 0.982. The van der Waals surface area contributed by atoms with Crippen molar-refractivity contribution in [3.05, 3.63) is 11.8 Å². The van der Waals surface area contributed by atoms with Gasteiger partial charge in [0.1, 0.15) is 5.82 Å². The molecular weight excluding hydrogens is 204 g/mol. The summed E-state index contributed by atoms with van der Waals surface area (Å²) >= 11 is 0. The Bertz CT molecular complexity index is 392. The Morgan fingerprint density at radius 3 is 2.94 bits per heavy atom. The number of aromatic nitrogens is 2. The molecule has 2 N–H and O–H groups in total. The Morgan fingerprint density at radius 2 is 2.25 bits per heavy atom. The SMILES string of the molecule is Cc1cnc(N)nc1N1CCOC(C)(C)C1. The average molecular weight is 222 g/mol. The van der Waals surface area contributed by atoms with Gasteiger partial charge >= 0.3 is 0 Å². The monoisotopic (exact) mass is 222 g/mol. The summed E-state index contributed by atoms with van der Waals surface area (Å²) in [5, 5.41) is 0. The average Bonchev–Trinajstić information content (AvgIpc) is 2.20. The number of nitrogen functional groups attached to an aromatic ring is 1. The van der Waals surface area contributed by atoms with Crippen molar-refractivity contribution in [1.29, 1.82) is 0 Å². The van der Waals surface area contributed by atoms with Crippen LogP contribution in [0.3, 0.4) is 0 Å². The van der Waals surface area contributed by atoms with Crippen molar-refractivity contribution in [2.75, 3.05) is 30.3 Å². The molecule has 1 aliphatic rings. The van der Waals surface area contributed by atoms with Gasteiger partial charge < -0.3 is 15.4 Å². The van der Waals surface area contributed by atoms with Crippen molar-refractivity contribution in [3.8, 4) is 0 Å². The van der Waals surface area contributed by atoms with Crippen LogP contribution >= 0.6 is 0 Å². The topological polar surface area (TPSA) is 64.3 Å². The van der Waals surface area contributed by atoms with Crippen LogP contribution in [0.15, 0.2) is 6.20 Å². The van der Waals surface area contributed by atoms with Gasteiger partial charge in [0.05, 0.1) is 12.2 Å². The quantitative estimate of drug-likeness (QED) is 0.767. The van der Waals surface area contributed by atoms with Crippen LogP contribution in [0.2, 0.25) is 0 Å². The molecule has 88 valence electrons. The molecule has 0 bridgehead atoms. The Balaban J connectivity index is 2.26. The van der Waals surface area contributed by atoms with E-state index in [4.69, 9.17) is 10.5 Å². The van der Waals surface area contributed by atoms with Crippen molar-refractivity contribution >= 4 is 11.8 Å². The van der Waals surface area contributed by atoms with E-state index in [1.165, 1.54) is 0 Å². The molecule has 1 aliphatic heterocycles. The van der Waals surface area contributed by atoms with Crippen LogP contribution in [0.4, 0.5) is 11.8 Å². The fourth-order valence-corrected chi connectivity index (χ4v) is 1.96. The van der Waals surface area contributed by atoms with Crippen molar-refractivity contribution in [2.24, 2.45) is 0 Å². The number of hydrogen-bond donors (Lipinski definition) is 1. The number of anilines is 2. The highest BCUT2D eigenvalue weighted by molar-refractivity contribution is 5.48. The molecule has 16 heavy (non-hydrogen) atoms. The normalized spacial score (nSPS) is 19.8. The minimum absolute atomic E-state index is 0.135. The van der Waals surface area contributed by atoms with E-state index in [9.17, 15) is 0 Å². The summed E-state index contributed by atoms with van der Waals surface area (Å²) in [5.74, 6) is 1.24. The van der Waals surface area contributed by atoms with E-state index < -0.39 is 0 Å². The number of hydrogen-bond acceptors (Lipinski definition) is 5. The van der Waals surface area contributed by atoms with Gasteiger partial charge in [-0.1, -0.05) is 0 Å². The van der Waals surface area contributed by atoms with Gasteiger partial charge in [-0.25, -0.2) is 4.98 Å². The fraction of sp³-hybridized carbons (Fsp3) is 0.636. The maximum Gasteiger partial charge on any atom is 0.221 e. The number of rotatable bonds is 1. The zero-order chi connectivity index (χ0) is 11.8. The lowest BCUT2D eigenvalue weighted by Gasteiger charge is -2.39. The first kappa shape index (κ1) is 11.1. The van der Waals surface area contributed by atoms with E-state index in [1.54, 1.807) is 6.20 Å². The molecule has 0 aliphatic carbocycles. The second-order valence-electron chi connectivity index (χ2n) is 4.76. The largest absolute Gasteiger partial charge is 0.372 e. The summed E-state index contributed by atoms with van der Waals surface area (Å²) in [6.07, 6.45) is 1.76. The second kappa shape index (κ2) is 3.90.